The molecule has 0 aromatic carbocycles. The number of aromatic nitrogens is 2. The maximum Gasteiger partial charge on any atom is 0.189 e. The van der Waals surface area contributed by atoms with Crippen molar-refractivity contribution < 1.29 is 4.79 Å². The Morgan fingerprint density at radius 2 is 2.25 bits per heavy atom. The van der Waals surface area contributed by atoms with Gasteiger partial charge in [0.2, 0.25) is 0 Å². The van der Waals surface area contributed by atoms with Crippen LogP contribution >= 0.6 is 11.8 Å². The van der Waals surface area contributed by atoms with Crippen molar-refractivity contribution in [3.63, 3.8) is 0 Å². The number of anilines is 1. The summed E-state index contributed by atoms with van der Waals surface area (Å²) in [5.74, 6) is 0.735. The number of hydrogen-bond donors (Lipinski definition) is 0. The van der Waals surface area contributed by atoms with E-state index >= 15 is 0 Å². The van der Waals surface area contributed by atoms with Crippen LogP contribution in [0, 0.1) is 0 Å². The highest BCUT2D eigenvalue weighted by Crippen LogP contribution is 2.20. The van der Waals surface area contributed by atoms with Gasteiger partial charge in [0.25, 0.3) is 0 Å². The van der Waals surface area contributed by atoms with Crippen molar-refractivity contribution in [2.45, 2.75) is 25.4 Å². The highest BCUT2D eigenvalue weighted by Gasteiger charge is 2.14. The second-order valence-electron chi connectivity index (χ2n) is 3.57. The average Bonchev–Trinajstić information content (AvgIpc) is 2.28. The minimum atomic E-state index is 0.00519. The van der Waals surface area contributed by atoms with Crippen LogP contribution in [0.3, 0.4) is 0 Å². The molecular weight excluding hydrogens is 222 g/mol. The summed E-state index contributed by atoms with van der Waals surface area (Å²) in [5.41, 5.74) is 0.591. The maximum absolute atomic E-state index is 11.5. The first-order valence-corrected chi connectivity index (χ1v) is 6.45. The van der Waals surface area contributed by atoms with Gasteiger partial charge >= 0.3 is 0 Å². The number of Topliss-reactive ketones (excluding diaryl/α,β-unsaturated/α-hetero) is 1. The van der Waals surface area contributed by atoms with Gasteiger partial charge in [0.05, 0.1) is 5.56 Å². The highest BCUT2D eigenvalue weighted by molar-refractivity contribution is 7.98. The minimum Gasteiger partial charge on any atom is -0.359 e. The van der Waals surface area contributed by atoms with Gasteiger partial charge in [-0.1, -0.05) is 18.7 Å². The molecule has 0 spiro atoms. The molecule has 16 heavy (non-hydrogen) atoms. The van der Waals surface area contributed by atoms with Crippen molar-refractivity contribution in [1.29, 1.82) is 0 Å². The van der Waals surface area contributed by atoms with Crippen LogP contribution in [0.2, 0.25) is 0 Å². The molecule has 0 saturated carbocycles. The largest absolute Gasteiger partial charge is 0.359 e. The van der Waals surface area contributed by atoms with Crippen LogP contribution in [-0.4, -0.2) is 35.6 Å². The Morgan fingerprint density at radius 3 is 2.75 bits per heavy atom. The van der Waals surface area contributed by atoms with E-state index in [0.717, 1.165) is 18.8 Å². The summed E-state index contributed by atoms with van der Waals surface area (Å²) in [4.78, 5) is 22.0. The number of thioether (sulfide) groups is 1. The van der Waals surface area contributed by atoms with Crippen molar-refractivity contribution in [1.82, 2.24) is 9.97 Å². The lowest BCUT2D eigenvalue weighted by Gasteiger charge is -2.19. The molecule has 88 valence electrons. The first kappa shape index (κ1) is 13.0. The smallest absolute Gasteiger partial charge is 0.189 e. The molecule has 0 aliphatic rings. The van der Waals surface area contributed by atoms with Crippen LogP contribution in [-0.2, 0) is 0 Å². The standard InChI is InChI=1S/C11H17N3OS/c1-5-6-14(3)10-9(8(2)15)7-12-11(13-10)16-4/h7H,5-6H2,1-4H3. The van der Waals surface area contributed by atoms with E-state index in [2.05, 4.69) is 16.9 Å². The van der Waals surface area contributed by atoms with Gasteiger partial charge in [-0.2, -0.15) is 0 Å². The number of nitrogens with zero attached hydrogens (tertiary/aromatic N) is 3. The fourth-order valence-corrected chi connectivity index (χ4v) is 1.77. The molecule has 0 radical (unpaired) electrons. The molecule has 4 nitrogen and oxygen atoms in total. The summed E-state index contributed by atoms with van der Waals surface area (Å²) in [6.45, 7) is 4.52. The topological polar surface area (TPSA) is 46.1 Å². The predicted molar refractivity (Wildman–Crippen MR) is 67.4 cm³/mol. The Balaban J connectivity index is 3.14. The number of hydrogen-bond acceptors (Lipinski definition) is 5. The molecule has 1 aromatic heterocycles. The maximum atomic E-state index is 11.5. The van der Waals surface area contributed by atoms with Crippen LogP contribution in [0.4, 0.5) is 5.82 Å². The third-order valence-corrected chi connectivity index (χ3v) is 2.79. The molecule has 1 heterocycles. The van der Waals surface area contributed by atoms with Crippen molar-refractivity contribution in [3.8, 4) is 0 Å². The second-order valence-corrected chi connectivity index (χ2v) is 4.35. The van der Waals surface area contributed by atoms with Crippen LogP contribution in [0.5, 0.6) is 0 Å². The number of carbonyl (C=O) groups is 1. The Hall–Kier alpha value is -1.10. The molecule has 1 aromatic rings. The SMILES string of the molecule is CCCN(C)c1nc(SC)ncc1C(C)=O. The summed E-state index contributed by atoms with van der Waals surface area (Å²) in [6, 6.07) is 0. The second kappa shape index (κ2) is 5.84. The van der Waals surface area contributed by atoms with Gasteiger partial charge in [-0.25, -0.2) is 9.97 Å². The molecule has 0 amide bonds. The fraction of sp³-hybridized carbons (Fsp3) is 0.545. The molecule has 0 unspecified atom stereocenters. The van der Waals surface area contributed by atoms with Crippen molar-refractivity contribution in [2.24, 2.45) is 0 Å². The van der Waals surface area contributed by atoms with E-state index in [0.29, 0.717) is 10.7 Å². The molecular formula is C11H17N3OS. The Morgan fingerprint density at radius 1 is 1.56 bits per heavy atom. The number of ketones is 1. The van der Waals surface area contributed by atoms with Crippen molar-refractivity contribution in [3.05, 3.63) is 11.8 Å². The van der Waals surface area contributed by atoms with E-state index in [1.165, 1.54) is 11.8 Å². The zero-order chi connectivity index (χ0) is 12.1. The lowest BCUT2D eigenvalue weighted by Crippen LogP contribution is -2.22. The summed E-state index contributed by atoms with van der Waals surface area (Å²) >= 11 is 1.48. The Bertz CT molecular complexity index is 381. The number of rotatable bonds is 5. The Labute approximate surface area is 100 Å². The molecule has 0 N–H and O–H groups in total. The van der Waals surface area contributed by atoms with Gasteiger partial charge in [0.1, 0.15) is 5.82 Å². The summed E-state index contributed by atoms with van der Waals surface area (Å²) < 4.78 is 0. The zero-order valence-corrected chi connectivity index (χ0v) is 11.0. The molecule has 0 bridgehead atoms. The van der Waals surface area contributed by atoms with E-state index in [-0.39, 0.29) is 5.78 Å². The fourth-order valence-electron chi connectivity index (χ4n) is 1.44. The molecule has 0 atom stereocenters. The first-order valence-electron chi connectivity index (χ1n) is 5.23. The summed E-state index contributed by atoms with van der Waals surface area (Å²) in [5, 5.41) is 0.697. The molecule has 0 aliphatic heterocycles. The number of carbonyl (C=O) groups excluding carboxylic acids is 1. The van der Waals surface area contributed by atoms with Crippen molar-refractivity contribution >= 4 is 23.4 Å². The Kier molecular flexibility index (Phi) is 4.73. The van der Waals surface area contributed by atoms with Gasteiger partial charge in [-0.05, 0) is 19.6 Å². The van der Waals surface area contributed by atoms with Crippen LogP contribution in [0.15, 0.2) is 11.4 Å². The lowest BCUT2D eigenvalue weighted by molar-refractivity contribution is 0.101. The first-order chi connectivity index (χ1) is 7.60. The van der Waals surface area contributed by atoms with Gasteiger partial charge in [0.15, 0.2) is 10.9 Å². The predicted octanol–water partition coefficient (Wildman–Crippen LogP) is 2.25. The molecule has 0 fully saturated rings. The van der Waals surface area contributed by atoms with Crippen LogP contribution in [0.1, 0.15) is 30.6 Å². The third-order valence-electron chi connectivity index (χ3n) is 2.23. The van der Waals surface area contributed by atoms with Gasteiger partial charge < -0.3 is 4.90 Å². The third kappa shape index (κ3) is 2.95. The minimum absolute atomic E-state index is 0.00519. The zero-order valence-electron chi connectivity index (χ0n) is 10.1. The van der Waals surface area contributed by atoms with E-state index in [4.69, 9.17) is 0 Å². The van der Waals surface area contributed by atoms with Gasteiger partial charge in [-0.3, -0.25) is 4.79 Å². The van der Waals surface area contributed by atoms with E-state index < -0.39 is 0 Å². The highest BCUT2D eigenvalue weighted by atomic mass is 32.2. The monoisotopic (exact) mass is 239 g/mol. The van der Waals surface area contributed by atoms with Crippen molar-refractivity contribution in [2.75, 3.05) is 24.7 Å². The van der Waals surface area contributed by atoms with Crippen LogP contribution < -0.4 is 4.90 Å². The quantitative estimate of drug-likeness (QED) is 0.448. The molecule has 5 heteroatoms. The van der Waals surface area contributed by atoms with Gasteiger partial charge in [-0.15, -0.1) is 0 Å². The summed E-state index contributed by atoms with van der Waals surface area (Å²) in [7, 11) is 1.95. The van der Waals surface area contributed by atoms with Crippen LogP contribution in [0.25, 0.3) is 0 Å². The van der Waals surface area contributed by atoms with E-state index in [1.54, 1.807) is 13.1 Å². The molecule has 1 rings (SSSR count). The van der Waals surface area contributed by atoms with E-state index in [9.17, 15) is 4.79 Å². The van der Waals surface area contributed by atoms with Gasteiger partial charge in [0, 0.05) is 19.8 Å². The summed E-state index contributed by atoms with van der Waals surface area (Å²) in [6.07, 6.45) is 4.56. The van der Waals surface area contributed by atoms with E-state index in [1.807, 2.05) is 18.2 Å². The molecule has 0 saturated heterocycles. The lowest BCUT2D eigenvalue weighted by atomic mass is 10.2. The molecule has 0 aliphatic carbocycles. The average molecular weight is 239 g/mol. The normalized spacial score (nSPS) is 10.2.